The van der Waals surface area contributed by atoms with Gasteiger partial charge in [0.1, 0.15) is 18.4 Å². The summed E-state index contributed by atoms with van der Waals surface area (Å²) in [6.45, 7) is -0.486. The minimum atomic E-state index is -4.11. The third kappa shape index (κ3) is 6.25. The Balaban J connectivity index is 1.93. The maximum absolute atomic E-state index is 12.3. The van der Waals surface area contributed by atoms with Crippen LogP contribution >= 0.6 is 0 Å². The Hall–Kier alpha value is -3.11. The molecule has 10 heteroatoms. The summed E-state index contributed by atoms with van der Waals surface area (Å²) in [4.78, 5) is 23.0. The van der Waals surface area contributed by atoms with Gasteiger partial charge in [-0.05, 0) is 29.8 Å². The van der Waals surface area contributed by atoms with Gasteiger partial charge in [-0.15, -0.1) is 0 Å². The van der Waals surface area contributed by atoms with Gasteiger partial charge in [0, 0.05) is 6.54 Å². The summed E-state index contributed by atoms with van der Waals surface area (Å²) in [7, 11) is -2.68. The van der Waals surface area contributed by atoms with Gasteiger partial charge in [-0.2, -0.15) is 4.72 Å². The third-order valence-corrected chi connectivity index (χ3v) is 5.12. The van der Waals surface area contributed by atoms with Gasteiger partial charge >= 0.3 is 12.1 Å². The number of ether oxygens (including phenoxy) is 2. The molecule has 2 aromatic rings. The van der Waals surface area contributed by atoms with Gasteiger partial charge in [-0.3, -0.25) is 4.79 Å². The molecule has 0 aliphatic heterocycles. The lowest BCUT2D eigenvalue weighted by Crippen LogP contribution is -2.48. The summed E-state index contributed by atoms with van der Waals surface area (Å²) >= 11 is 0. The highest BCUT2D eigenvalue weighted by Crippen LogP contribution is 2.15. The van der Waals surface area contributed by atoms with E-state index < -0.39 is 34.7 Å². The lowest BCUT2D eigenvalue weighted by Gasteiger charge is -2.16. The molecule has 3 N–H and O–H groups in total. The second-order valence-electron chi connectivity index (χ2n) is 5.63. The quantitative estimate of drug-likeness (QED) is 0.571. The van der Waals surface area contributed by atoms with Crippen molar-refractivity contribution in [2.75, 3.05) is 13.7 Å². The van der Waals surface area contributed by atoms with Crippen LogP contribution in [0.25, 0.3) is 0 Å². The summed E-state index contributed by atoms with van der Waals surface area (Å²) in [5, 5.41) is 11.5. The molecule has 0 aliphatic carbocycles. The number of benzene rings is 2. The number of carboxylic acid groups (broad SMARTS) is 1. The number of aliphatic carboxylic acids is 1. The van der Waals surface area contributed by atoms with E-state index in [1.165, 1.54) is 31.4 Å². The molecular weight excluding hydrogens is 388 g/mol. The number of carbonyl (C=O) groups is 2. The molecular formula is C18H20N2O7S. The smallest absolute Gasteiger partial charge is 0.407 e. The summed E-state index contributed by atoms with van der Waals surface area (Å²) < 4.78 is 36.6. The van der Waals surface area contributed by atoms with Gasteiger partial charge in [0.05, 0.1) is 12.0 Å². The Morgan fingerprint density at radius 2 is 1.71 bits per heavy atom. The van der Waals surface area contributed by atoms with E-state index in [2.05, 4.69) is 5.32 Å². The molecule has 1 atom stereocenters. The minimum absolute atomic E-state index is 0.00197. The van der Waals surface area contributed by atoms with Crippen LogP contribution in [-0.2, 0) is 26.2 Å². The van der Waals surface area contributed by atoms with Crippen LogP contribution in [0.15, 0.2) is 59.5 Å². The molecule has 28 heavy (non-hydrogen) atoms. The highest BCUT2D eigenvalue weighted by atomic mass is 32.2. The Kier molecular flexibility index (Phi) is 7.36. The van der Waals surface area contributed by atoms with Gasteiger partial charge in [-0.25, -0.2) is 13.2 Å². The first-order valence-corrected chi connectivity index (χ1v) is 9.64. The molecule has 0 saturated heterocycles. The fourth-order valence-electron chi connectivity index (χ4n) is 2.15. The Morgan fingerprint density at radius 1 is 1.07 bits per heavy atom. The summed E-state index contributed by atoms with van der Waals surface area (Å²) in [6.07, 6.45) is -0.862. The van der Waals surface area contributed by atoms with Gasteiger partial charge in [-0.1, -0.05) is 30.3 Å². The fraction of sp³-hybridized carbons (Fsp3) is 0.222. The number of hydrogen-bond acceptors (Lipinski definition) is 6. The van der Waals surface area contributed by atoms with Crippen LogP contribution < -0.4 is 14.8 Å². The number of alkyl carbamates (subject to hydrolysis) is 1. The second kappa shape index (κ2) is 9.72. The zero-order valence-corrected chi connectivity index (χ0v) is 15.8. The van der Waals surface area contributed by atoms with E-state index in [1.54, 1.807) is 24.3 Å². The van der Waals surface area contributed by atoms with Crippen molar-refractivity contribution in [3.05, 3.63) is 60.2 Å². The number of amides is 1. The first-order chi connectivity index (χ1) is 13.3. The highest BCUT2D eigenvalue weighted by Gasteiger charge is 2.26. The van der Waals surface area contributed by atoms with Crippen LogP contribution in [0, 0.1) is 0 Å². The summed E-state index contributed by atoms with van der Waals surface area (Å²) in [5.74, 6) is -0.989. The minimum Gasteiger partial charge on any atom is -0.497 e. The summed E-state index contributed by atoms with van der Waals surface area (Å²) in [6, 6.07) is 12.8. The maximum atomic E-state index is 12.3. The van der Waals surface area contributed by atoms with Crippen LogP contribution in [0.2, 0.25) is 0 Å². The van der Waals surface area contributed by atoms with E-state index in [1.807, 2.05) is 10.8 Å². The van der Waals surface area contributed by atoms with Crippen LogP contribution in [0.4, 0.5) is 4.79 Å². The number of carbonyl (C=O) groups excluding carboxylic acids is 1. The lowest BCUT2D eigenvalue weighted by atomic mass is 10.2. The van der Waals surface area contributed by atoms with Crippen molar-refractivity contribution in [1.29, 1.82) is 0 Å². The van der Waals surface area contributed by atoms with Crippen molar-refractivity contribution in [3.8, 4) is 5.75 Å². The molecule has 1 amide bonds. The van der Waals surface area contributed by atoms with Gasteiger partial charge in [0.15, 0.2) is 0 Å². The van der Waals surface area contributed by atoms with Crippen molar-refractivity contribution < 1.29 is 32.6 Å². The molecule has 0 aliphatic rings. The second-order valence-corrected chi connectivity index (χ2v) is 7.34. The van der Waals surface area contributed by atoms with E-state index in [0.29, 0.717) is 5.75 Å². The van der Waals surface area contributed by atoms with Crippen molar-refractivity contribution in [2.45, 2.75) is 17.5 Å². The molecule has 1 unspecified atom stereocenters. The maximum Gasteiger partial charge on any atom is 0.407 e. The summed E-state index contributed by atoms with van der Waals surface area (Å²) in [5.41, 5.74) is 0.757. The fourth-order valence-corrected chi connectivity index (χ4v) is 3.34. The number of hydrogen-bond donors (Lipinski definition) is 3. The normalized spacial score (nSPS) is 12.0. The number of rotatable bonds is 9. The van der Waals surface area contributed by atoms with Gasteiger partial charge < -0.3 is 19.9 Å². The zero-order valence-electron chi connectivity index (χ0n) is 15.0. The molecule has 2 rings (SSSR count). The molecule has 9 nitrogen and oxygen atoms in total. The Morgan fingerprint density at radius 3 is 2.29 bits per heavy atom. The zero-order chi connectivity index (χ0) is 20.6. The first-order valence-electron chi connectivity index (χ1n) is 8.15. The van der Waals surface area contributed by atoms with Crippen LogP contribution in [0.1, 0.15) is 5.56 Å². The lowest BCUT2D eigenvalue weighted by molar-refractivity contribution is -0.138. The van der Waals surface area contributed by atoms with Crippen LogP contribution in [-0.4, -0.2) is 45.3 Å². The monoisotopic (exact) mass is 408 g/mol. The number of methoxy groups -OCH3 is 1. The van der Waals surface area contributed by atoms with E-state index in [9.17, 15) is 23.1 Å². The van der Waals surface area contributed by atoms with Crippen LogP contribution in [0.3, 0.4) is 0 Å². The number of carboxylic acids is 1. The van der Waals surface area contributed by atoms with Crippen molar-refractivity contribution in [1.82, 2.24) is 10.0 Å². The van der Waals surface area contributed by atoms with Crippen molar-refractivity contribution in [3.63, 3.8) is 0 Å². The standard InChI is InChI=1S/C18H20N2O7S/c1-26-14-7-9-15(10-8-14)28(24,25)20-16(17(21)22)11-19-18(23)27-12-13-5-3-2-4-6-13/h2-10,16,20H,11-12H2,1H3,(H,19,23)(H,21,22). The van der Waals surface area contributed by atoms with E-state index in [0.717, 1.165) is 5.56 Å². The average molecular weight is 408 g/mol. The Labute approximate surface area is 162 Å². The largest absolute Gasteiger partial charge is 0.497 e. The topological polar surface area (TPSA) is 131 Å². The van der Waals surface area contributed by atoms with E-state index in [-0.39, 0.29) is 11.5 Å². The first kappa shape index (κ1) is 21.2. The highest BCUT2D eigenvalue weighted by molar-refractivity contribution is 7.89. The molecule has 0 saturated carbocycles. The van der Waals surface area contributed by atoms with E-state index >= 15 is 0 Å². The predicted molar refractivity (Wildman–Crippen MR) is 99.4 cm³/mol. The molecule has 0 bridgehead atoms. The molecule has 150 valence electrons. The van der Waals surface area contributed by atoms with Crippen LogP contribution in [0.5, 0.6) is 5.75 Å². The number of nitrogens with one attached hydrogen (secondary N) is 2. The molecule has 0 spiro atoms. The molecule has 0 fully saturated rings. The average Bonchev–Trinajstić information content (AvgIpc) is 2.70. The third-order valence-electron chi connectivity index (χ3n) is 3.63. The van der Waals surface area contributed by atoms with Gasteiger partial charge in [0.2, 0.25) is 10.0 Å². The SMILES string of the molecule is COc1ccc(S(=O)(=O)NC(CNC(=O)OCc2ccccc2)C(=O)O)cc1. The van der Waals surface area contributed by atoms with Crippen molar-refractivity contribution in [2.24, 2.45) is 0 Å². The van der Waals surface area contributed by atoms with E-state index in [4.69, 9.17) is 9.47 Å². The predicted octanol–water partition coefficient (Wildman–Crippen LogP) is 1.35. The molecule has 2 aromatic carbocycles. The van der Waals surface area contributed by atoms with Crippen molar-refractivity contribution >= 4 is 22.1 Å². The molecule has 0 heterocycles. The van der Waals surface area contributed by atoms with Gasteiger partial charge in [0.25, 0.3) is 0 Å². The molecule has 0 aromatic heterocycles. The Bertz CT molecular complexity index is 899. The number of sulfonamides is 1. The molecule has 0 radical (unpaired) electrons.